The lowest BCUT2D eigenvalue weighted by Gasteiger charge is -2.23. The smallest absolute Gasteiger partial charge is 0.337 e. The highest BCUT2D eigenvalue weighted by atomic mass is 16.5. The van der Waals surface area contributed by atoms with Crippen LogP contribution >= 0.6 is 0 Å². The third kappa shape index (κ3) is 4.30. The monoisotopic (exact) mass is 397 g/mol. The second kappa shape index (κ2) is 8.91. The van der Waals surface area contributed by atoms with Crippen molar-refractivity contribution in [1.29, 1.82) is 0 Å². The lowest BCUT2D eigenvalue weighted by atomic mass is 10.1. The van der Waals surface area contributed by atoms with Crippen molar-refractivity contribution in [3.05, 3.63) is 96.8 Å². The van der Waals surface area contributed by atoms with Gasteiger partial charge in [0.05, 0.1) is 25.4 Å². The summed E-state index contributed by atoms with van der Waals surface area (Å²) in [5, 5.41) is 0. The predicted molar refractivity (Wildman–Crippen MR) is 113 cm³/mol. The highest BCUT2D eigenvalue weighted by Crippen LogP contribution is 2.28. The highest BCUT2D eigenvalue weighted by molar-refractivity contribution is 5.89. The zero-order valence-corrected chi connectivity index (χ0v) is 16.3. The number of anilines is 2. The summed E-state index contributed by atoms with van der Waals surface area (Å²) in [6.45, 7) is 0.507. The number of nitrogens with zero attached hydrogens (tertiary/aromatic N) is 5. The molecule has 0 aliphatic carbocycles. The van der Waals surface area contributed by atoms with Crippen LogP contribution in [-0.4, -0.2) is 33.0 Å². The van der Waals surface area contributed by atoms with Gasteiger partial charge in [0.2, 0.25) is 0 Å². The minimum absolute atomic E-state index is 0.362. The molecule has 0 bridgehead atoms. The Kier molecular flexibility index (Phi) is 5.70. The number of aromatic nitrogens is 4. The summed E-state index contributed by atoms with van der Waals surface area (Å²) in [4.78, 5) is 31.0. The van der Waals surface area contributed by atoms with Gasteiger partial charge in [-0.2, -0.15) is 0 Å². The van der Waals surface area contributed by atoms with E-state index >= 15 is 0 Å². The van der Waals surface area contributed by atoms with E-state index in [9.17, 15) is 4.79 Å². The molecular weight excluding hydrogens is 378 g/mol. The van der Waals surface area contributed by atoms with Crippen LogP contribution in [0.3, 0.4) is 0 Å². The van der Waals surface area contributed by atoms with Crippen LogP contribution in [0.2, 0.25) is 0 Å². The summed E-state index contributed by atoms with van der Waals surface area (Å²) in [6, 6.07) is 15.2. The molecule has 0 N–H and O–H groups in total. The van der Waals surface area contributed by atoms with Gasteiger partial charge in [-0.25, -0.2) is 14.8 Å². The van der Waals surface area contributed by atoms with Gasteiger partial charge < -0.3 is 9.64 Å². The number of hydrogen-bond donors (Lipinski definition) is 0. The van der Waals surface area contributed by atoms with Crippen LogP contribution in [0.4, 0.5) is 11.6 Å². The molecule has 0 unspecified atom stereocenters. The van der Waals surface area contributed by atoms with Gasteiger partial charge in [-0.3, -0.25) is 9.97 Å². The number of ether oxygens (including phenoxy) is 1. The lowest BCUT2D eigenvalue weighted by molar-refractivity contribution is 0.0600. The van der Waals surface area contributed by atoms with Crippen LogP contribution in [0, 0.1) is 0 Å². The molecule has 0 atom stereocenters. The number of benzene rings is 1. The summed E-state index contributed by atoms with van der Waals surface area (Å²) in [6.07, 6.45) is 10.3. The first-order chi connectivity index (χ1) is 14.7. The number of carbonyl (C=O) groups is 1. The molecule has 3 heterocycles. The molecule has 7 nitrogen and oxygen atoms in total. The zero-order valence-electron chi connectivity index (χ0n) is 16.3. The normalized spacial score (nSPS) is 10.4. The minimum Gasteiger partial charge on any atom is -0.465 e. The second-order valence-corrected chi connectivity index (χ2v) is 6.48. The number of hydrogen-bond acceptors (Lipinski definition) is 7. The molecule has 7 heteroatoms. The molecule has 0 spiro atoms. The fourth-order valence-electron chi connectivity index (χ4n) is 3.05. The minimum atomic E-state index is -0.362. The standard InChI is InChI=1S/C23H19N5O2/c1-30-23(29)19-4-2-17(3-5-19)16-28(22-15-25-12-13-27-22)21-14-20(8-11-26-21)18-6-9-24-10-7-18/h2-15H,16H2,1H3. The number of pyridine rings is 2. The van der Waals surface area contributed by atoms with Gasteiger partial charge in [0.15, 0.2) is 5.82 Å². The summed E-state index contributed by atoms with van der Waals surface area (Å²) >= 11 is 0. The number of carbonyl (C=O) groups excluding carboxylic acids is 1. The molecule has 0 amide bonds. The van der Waals surface area contributed by atoms with Crippen LogP contribution in [0.15, 0.2) is 85.7 Å². The van der Waals surface area contributed by atoms with E-state index in [0.29, 0.717) is 17.9 Å². The molecule has 0 aliphatic rings. The molecule has 30 heavy (non-hydrogen) atoms. The van der Waals surface area contributed by atoms with Crippen LogP contribution in [0.5, 0.6) is 0 Å². The maximum atomic E-state index is 11.7. The van der Waals surface area contributed by atoms with Gasteiger partial charge in [0, 0.05) is 31.0 Å². The van der Waals surface area contributed by atoms with Crippen LogP contribution in [0.1, 0.15) is 15.9 Å². The molecule has 3 aromatic heterocycles. The molecular formula is C23H19N5O2. The van der Waals surface area contributed by atoms with Crippen molar-refractivity contribution in [3.63, 3.8) is 0 Å². The van der Waals surface area contributed by atoms with E-state index in [1.165, 1.54) is 7.11 Å². The van der Waals surface area contributed by atoms with E-state index in [2.05, 4.69) is 19.9 Å². The summed E-state index contributed by atoms with van der Waals surface area (Å²) < 4.78 is 4.77. The molecule has 0 saturated heterocycles. The van der Waals surface area contributed by atoms with Gasteiger partial charge in [-0.15, -0.1) is 0 Å². The fourth-order valence-corrected chi connectivity index (χ4v) is 3.05. The average molecular weight is 397 g/mol. The second-order valence-electron chi connectivity index (χ2n) is 6.48. The van der Waals surface area contributed by atoms with Crippen molar-refractivity contribution in [2.45, 2.75) is 6.54 Å². The lowest BCUT2D eigenvalue weighted by Crippen LogP contribution is -2.19. The van der Waals surface area contributed by atoms with Gasteiger partial charge >= 0.3 is 5.97 Å². The van der Waals surface area contributed by atoms with Gasteiger partial charge in [0.1, 0.15) is 5.82 Å². The Morgan fingerprint density at radius 1 is 0.833 bits per heavy atom. The SMILES string of the molecule is COC(=O)c1ccc(CN(c2cnccn2)c2cc(-c3ccncc3)ccn2)cc1. The predicted octanol–water partition coefficient (Wildman–Crippen LogP) is 4.06. The van der Waals surface area contributed by atoms with Crippen molar-refractivity contribution in [1.82, 2.24) is 19.9 Å². The van der Waals surface area contributed by atoms with Gasteiger partial charge in [-0.05, 0) is 53.1 Å². The average Bonchev–Trinajstić information content (AvgIpc) is 2.83. The van der Waals surface area contributed by atoms with Crippen molar-refractivity contribution in [3.8, 4) is 11.1 Å². The Labute approximate surface area is 174 Å². The number of methoxy groups -OCH3 is 1. The first-order valence-electron chi connectivity index (χ1n) is 9.32. The zero-order chi connectivity index (χ0) is 20.8. The maximum Gasteiger partial charge on any atom is 0.337 e. The summed E-state index contributed by atoms with van der Waals surface area (Å²) in [5.41, 5.74) is 3.57. The first-order valence-corrected chi connectivity index (χ1v) is 9.32. The largest absolute Gasteiger partial charge is 0.465 e. The van der Waals surface area contributed by atoms with Crippen molar-refractivity contribution in [2.24, 2.45) is 0 Å². The first kappa shape index (κ1) is 19.2. The third-order valence-corrected chi connectivity index (χ3v) is 4.58. The van der Waals surface area contributed by atoms with E-state index < -0.39 is 0 Å². The Morgan fingerprint density at radius 3 is 2.27 bits per heavy atom. The Hall–Kier alpha value is -4.13. The Bertz CT molecular complexity index is 1120. The molecule has 0 saturated carbocycles. The van der Waals surface area contributed by atoms with Crippen molar-refractivity contribution < 1.29 is 9.53 Å². The molecule has 0 aliphatic heterocycles. The molecule has 4 aromatic rings. The molecule has 0 fully saturated rings. The third-order valence-electron chi connectivity index (χ3n) is 4.58. The summed E-state index contributed by atoms with van der Waals surface area (Å²) in [5.74, 6) is 1.05. The van der Waals surface area contributed by atoms with Crippen molar-refractivity contribution >= 4 is 17.6 Å². The Morgan fingerprint density at radius 2 is 1.57 bits per heavy atom. The van der Waals surface area contributed by atoms with Gasteiger partial charge in [-0.1, -0.05) is 12.1 Å². The highest BCUT2D eigenvalue weighted by Gasteiger charge is 2.15. The van der Waals surface area contributed by atoms with Crippen LogP contribution in [-0.2, 0) is 11.3 Å². The van der Waals surface area contributed by atoms with E-state index in [-0.39, 0.29) is 5.97 Å². The van der Waals surface area contributed by atoms with E-state index in [1.54, 1.807) is 49.3 Å². The maximum absolute atomic E-state index is 11.7. The fraction of sp³-hybridized carbons (Fsp3) is 0.0870. The topological polar surface area (TPSA) is 81.1 Å². The van der Waals surface area contributed by atoms with Crippen molar-refractivity contribution in [2.75, 3.05) is 12.0 Å². The molecule has 148 valence electrons. The quantitative estimate of drug-likeness (QED) is 0.454. The number of rotatable bonds is 6. The number of esters is 1. The summed E-state index contributed by atoms with van der Waals surface area (Å²) in [7, 11) is 1.37. The molecule has 1 aromatic carbocycles. The van der Waals surface area contributed by atoms with Gasteiger partial charge in [0.25, 0.3) is 0 Å². The van der Waals surface area contributed by atoms with Crippen LogP contribution < -0.4 is 4.90 Å². The molecule has 4 rings (SSSR count). The van der Waals surface area contributed by atoms with E-state index in [0.717, 1.165) is 22.5 Å². The Balaban J connectivity index is 1.69. The van der Waals surface area contributed by atoms with Crippen LogP contribution in [0.25, 0.3) is 11.1 Å². The van der Waals surface area contributed by atoms with E-state index in [4.69, 9.17) is 4.74 Å². The molecule has 0 radical (unpaired) electrons. The van der Waals surface area contributed by atoms with E-state index in [1.807, 2.05) is 41.3 Å².